The molecule has 4 nitrogen and oxygen atoms in total. The third-order valence-corrected chi connectivity index (χ3v) is 5.93. The summed E-state index contributed by atoms with van der Waals surface area (Å²) in [4.78, 5) is 11.7. The predicted octanol–water partition coefficient (Wildman–Crippen LogP) is 1.41. The summed E-state index contributed by atoms with van der Waals surface area (Å²) in [6.45, 7) is 4.54. The van der Waals surface area contributed by atoms with Crippen LogP contribution in [0.4, 0.5) is 0 Å². The lowest BCUT2D eigenvalue weighted by atomic mass is 9.49. The van der Waals surface area contributed by atoms with Crippen LogP contribution in [0.25, 0.3) is 0 Å². The van der Waals surface area contributed by atoms with E-state index < -0.39 is 11.5 Å². The van der Waals surface area contributed by atoms with E-state index in [9.17, 15) is 15.0 Å². The fourth-order valence-corrected chi connectivity index (χ4v) is 4.61. The van der Waals surface area contributed by atoms with Crippen LogP contribution in [0.15, 0.2) is 11.1 Å². The number of esters is 1. The molecule has 0 aromatic carbocycles. The van der Waals surface area contributed by atoms with Crippen LogP contribution in [0.2, 0.25) is 0 Å². The fraction of sp³-hybridized carbons (Fsp3) is 0.800. The molecule has 3 aliphatic rings. The molecule has 0 aromatic heterocycles. The summed E-state index contributed by atoms with van der Waals surface area (Å²) in [5, 5.41) is 20.1. The number of hydrogen-bond donors (Lipinski definition) is 2. The first-order valence-electron chi connectivity index (χ1n) is 7.12. The minimum absolute atomic E-state index is 0.00810. The number of hydrogen-bond acceptors (Lipinski definition) is 4. The van der Waals surface area contributed by atoms with Crippen molar-refractivity contribution >= 4 is 5.97 Å². The number of rotatable bonds is 1. The first-order chi connectivity index (χ1) is 8.93. The van der Waals surface area contributed by atoms with Gasteiger partial charge in [-0.15, -0.1) is 0 Å². The van der Waals surface area contributed by atoms with Gasteiger partial charge in [0, 0.05) is 11.0 Å². The normalized spacial score (nSPS) is 45.8. The third-order valence-electron chi connectivity index (χ3n) is 5.93. The largest absolute Gasteiger partial charge is 0.458 e. The van der Waals surface area contributed by atoms with Gasteiger partial charge in [-0.25, -0.2) is 4.79 Å². The molecule has 106 valence electrons. The van der Waals surface area contributed by atoms with Gasteiger partial charge in [0.05, 0.1) is 12.7 Å². The van der Waals surface area contributed by atoms with Gasteiger partial charge in [0.2, 0.25) is 0 Å². The van der Waals surface area contributed by atoms with Crippen molar-refractivity contribution in [2.45, 2.75) is 45.6 Å². The summed E-state index contributed by atoms with van der Waals surface area (Å²) in [6, 6.07) is 0. The molecule has 3 rings (SSSR count). The highest BCUT2D eigenvalue weighted by Crippen LogP contribution is 2.60. The Kier molecular flexibility index (Phi) is 2.81. The molecular weight excluding hydrogens is 244 g/mol. The van der Waals surface area contributed by atoms with Crippen molar-refractivity contribution in [2.75, 3.05) is 13.2 Å². The van der Waals surface area contributed by atoms with Gasteiger partial charge in [-0.2, -0.15) is 0 Å². The van der Waals surface area contributed by atoms with Gasteiger partial charge >= 0.3 is 5.97 Å². The van der Waals surface area contributed by atoms with Gasteiger partial charge in [-0.1, -0.05) is 13.8 Å². The fourth-order valence-electron chi connectivity index (χ4n) is 4.61. The van der Waals surface area contributed by atoms with Crippen LogP contribution in [0.1, 0.15) is 39.5 Å². The van der Waals surface area contributed by atoms with E-state index in [1.165, 1.54) is 0 Å². The number of cyclic esters (lactones) is 1. The Morgan fingerprint density at radius 2 is 2.11 bits per heavy atom. The molecule has 4 atom stereocenters. The maximum atomic E-state index is 11.7. The summed E-state index contributed by atoms with van der Waals surface area (Å²) in [7, 11) is 0. The van der Waals surface area contributed by atoms with Crippen molar-refractivity contribution in [1.82, 2.24) is 0 Å². The van der Waals surface area contributed by atoms with Crippen molar-refractivity contribution < 1.29 is 19.7 Å². The Bertz CT molecular complexity index is 455. The van der Waals surface area contributed by atoms with Crippen LogP contribution in [-0.4, -0.2) is 35.5 Å². The molecule has 1 saturated carbocycles. The number of fused-ring (bicyclic) bond motifs is 2. The number of aliphatic hydroxyl groups is 2. The van der Waals surface area contributed by atoms with Gasteiger partial charge in [-0.05, 0) is 42.6 Å². The standard InChI is InChI=1S/C15H22O4/c1-14-6-5-12(17)15(2,8-16)11(14)4-3-9-10(14)7-19-13(9)18/h11-12,16-17H,3-8H2,1-2H3. The molecule has 1 fully saturated rings. The molecule has 0 aromatic rings. The van der Waals surface area contributed by atoms with E-state index in [0.29, 0.717) is 13.0 Å². The van der Waals surface area contributed by atoms with E-state index in [1.807, 2.05) is 6.92 Å². The molecule has 0 spiro atoms. The molecule has 19 heavy (non-hydrogen) atoms. The van der Waals surface area contributed by atoms with Crippen LogP contribution in [-0.2, 0) is 9.53 Å². The van der Waals surface area contributed by atoms with Gasteiger partial charge in [-0.3, -0.25) is 0 Å². The smallest absolute Gasteiger partial charge is 0.334 e. The second-order valence-electron chi connectivity index (χ2n) is 6.76. The Hall–Kier alpha value is -0.870. The van der Waals surface area contributed by atoms with Gasteiger partial charge in [0.15, 0.2) is 0 Å². The molecule has 2 aliphatic carbocycles. The summed E-state index contributed by atoms with van der Waals surface area (Å²) in [6.07, 6.45) is 2.64. The van der Waals surface area contributed by atoms with Gasteiger partial charge < -0.3 is 14.9 Å². The van der Waals surface area contributed by atoms with E-state index in [4.69, 9.17) is 4.74 Å². The monoisotopic (exact) mass is 266 g/mol. The first-order valence-corrected chi connectivity index (χ1v) is 7.12. The van der Waals surface area contributed by atoms with Crippen LogP contribution < -0.4 is 0 Å². The average Bonchev–Trinajstić information content (AvgIpc) is 2.78. The molecule has 0 bridgehead atoms. The molecule has 0 radical (unpaired) electrons. The summed E-state index contributed by atoms with van der Waals surface area (Å²) in [5.74, 6) is 0.0495. The lowest BCUT2D eigenvalue weighted by Crippen LogP contribution is -2.55. The summed E-state index contributed by atoms with van der Waals surface area (Å²) in [5.41, 5.74) is 1.39. The number of ether oxygens (including phenoxy) is 1. The van der Waals surface area contributed by atoms with E-state index in [-0.39, 0.29) is 23.9 Å². The lowest BCUT2D eigenvalue weighted by molar-refractivity contribution is -0.136. The minimum Gasteiger partial charge on any atom is -0.458 e. The zero-order valence-corrected chi connectivity index (χ0v) is 11.6. The molecule has 1 heterocycles. The zero-order chi connectivity index (χ0) is 13.8. The van der Waals surface area contributed by atoms with Crippen molar-refractivity contribution in [3.8, 4) is 0 Å². The third kappa shape index (κ3) is 1.56. The maximum absolute atomic E-state index is 11.7. The van der Waals surface area contributed by atoms with E-state index in [0.717, 1.165) is 30.4 Å². The highest BCUT2D eigenvalue weighted by atomic mass is 16.5. The topological polar surface area (TPSA) is 66.8 Å². The van der Waals surface area contributed by atoms with Crippen molar-refractivity contribution in [1.29, 1.82) is 0 Å². The number of aliphatic hydroxyl groups excluding tert-OH is 2. The number of carbonyl (C=O) groups is 1. The molecular formula is C15H22O4. The second-order valence-corrected chi connectivity index (χ2v) is 6.76. The molecule has 4 unspecified atom stereocenters. The first kappa shape index (κ1) is 13.1. The van der Waals surface area contributed by atoms with Crippen LogP contribution >= 0.6 is 0 Å². The van der Waals surface area contributed by atoms with Gasteiger partial charge in [0.1, 0.15) is 6.61 Å². The molecule has 2 N–H and O–H groups in total. The van der Waals surface area contributed by atoms with Crippen molar-refractivity contribution in [3.05, 3.63) is 11.1 Å². The second kappa shape index (κ2) is 4.06. The van der Waals surface area contributed by atoms with E-state index >= 15 is 0 Å². The SMILES string of the molecule is CC12CCC(O)C(C)(CO)C1CCC1=C2COC1=O. The highest BCUT2D eigenvalue weighted by molar-refractivity contribution is 5.92. The summed E-state index contributed by atoms with van der Waals surface area (Å²) < 4.78 is 5.20. The Labute approximate surface area is 113 Å². The molecule has 4 heteroatoms. The molecule has 1 aliphatic heterocycles. The molecule has 0 amide bonds. The Morgan fingerprint density at radius 1 is 1.37 bits per heavy atom. The highest BCUT2D eigenvalue weighted by Gasteiger charge is 2.57. The van der Waals surface area contributed by atoms with E-state index in [2.05, 4.69) is 6.92 Å². The average molecular weight is 266 g/mol. The lowest BCUT2D eigenvalue weighted by Gasteiger charge is -2.56. The van der Waals surface area contributed by atoms with Crippen LogP contribution in [0, 0.1) is 16.7 Å². The van der Waals surface area contributed by atoms with Crippen molar-refractivity contribution in [3.63, 3.8) is 0 Å². The Balaban J connectivity index is 2.06. The maximum Gasteiger partial charge on any atom is 0.334 e. The van der Waals surface area contributed by atoms with E-state index in [1.54, 1.807) is 0 Å². The zero-order valence-electron chi connectivity index (χ0n) is 11.6. The number of carbonyl (C=O) groups excluding carboxylic acids is 1. The quantitative estimate of drug-likeness (QED) is 0.704. The van der Waals surface area contributed by atoms with Crippen molar-refractivity contribution in [2.24, 2.45) is 16.7 Å². The minimum atomic E-state index is -0.475. The van der Waals surface area contributed by atoms with Crippen LogP contribution in [0.5, 0.6) is 0 Å². The predicted molar refractivity (Wildman–Crippen MR) is 69.2 cm³/mol. The van der Waals surface area contributed by atoms with Crippen LogP contribution in [0.3, 0.4) is 0 Å². The molecule has 0 saturated heterocycles. The Morgan fingerprint density at radius 3 is 2.79 bits per heavy atom. The van der Waals surface area contributed by atoms with Gasteiger partial charge in [0.25, 0.3) is 0 Å². The summed E-state index contributed by atoms with van der Waals surface area (Å²) >= 11 is 0.